The normalized spacial score (nSPS) is 21.9. The monoisotopic (exact) mass is 345 g/mol. The Hall–Kier alpha value is -0.840. The van der Waals surface area contributed by atoms with Gasteiger partial charge in [-0.25, -0.2) is 0 Å². The number of amides is 1. The van der Waals surface area contributed by atoms with E-state index in [4.69, 9.17) is 0 Å². The van der Waals surface area contributed by atoms with Crippen molar-refractivity contribution in [2.24, 2.45) is 5.92 Å². The van der Waals surface area contributed by atoms with Crippen molar-refractivity contribution >= 4 is 30.7 Å². The highest BCUT2D eigenvalue weighted by Crippen LogP contribution is 2.26. The summed E-state index contributed by atoms with van der Waals surface area (Å²) in [5.41, 5.74) is 1.59. The molecule has 0 radical (unpaired) electrons. The van der Waals surface area contributed by atoms with Gasteiger partial charge in [0.1, 0.15) is 0 Å². The van der Waals surface area contributed by atoms with Crippen LogP contribution in [0.25, 0.3) is 0 Å². The standard InChI is InChI=1S/C16H23N3O.2ClH/c1-12-14(4-2-8-17-12)16(20)19-10-6-13(7-11-19)15-5-3-9-18-15;;/h2,4,8,13,15,18H,3,5-7,9-11H2,1H3;2*1H. The largest absolute Gasteiger partial charge is 0.339 e. The van der Waals surface area contributed by atoms with E-state index in [2.05, 4.69) is 10.3 Å². The molecule has 1 unspecified atom stereocenters. The van der Waals surface area contributed by atoms with Crippen LogP contribution >= 0.6 is 24.8 Å². The Morgan fingerprint density at radius 2 is 2.00 bits per heavy atom. The van der Waals surface area contributed by atoms with Gasteiger partial charge in [-0.2, -0.15) is 0 Å². The summed E-state index contributed by atoms with van der Waals surface area (Å²) in [5.74, 6) is 0.893. The molecule has 6 heteroatoms. The lowest BCUT2D eigenvalue weighted by Crippen LogP contribution is -2.43. The quantitative estimate of drug-likeness (QED) is 0.896. The van der Waals surface area contributed by atoms with Gasteiger partial charge >= 0.3 is 0 Å². The van der Waals surface area contributed by atoms with Crippen LogP contribution in [0.4, 0.5) is 0 Å². The summed E-state index contributed by atoms with van der Waals surface area (Å²) in [4.78, 5) is 18.7. The first-order valence-electron chi connectivity index (χ1n) is 7.70. The first kappa shape index (κ1) is 19.2. The molecule has 0 aliphatic carbocycles. The van der Waals surface area contributed by atoms with Crippen LogP contribution in [0.15, 0.2) is 18.3 Å². The lowest BCUT2D eigenvalue weighted by molar-refractivity contribution is 0.0673. The topological polar surface area (TPSA) is 45.2 Å². The molecule has 1 N–H and O–H groups in total. The zero-order valence-electron chi connectivity index (χ0n) is 13.0. The predicted octanol–water partition coefficient (Wildman–Crippen LogP) is 2.84. The number of rotatable bonds is 2. The molecular formula is C16H25Cl2N3O. The molecule has 1 atom stereocenters. The molecule has 0 aromatic carbocycles. The first-order chi connectivity index (χ1) is 9.75. The molecule has 3 rings (SSSR count). The third-order valence-electron chi connectivity index (χ3n) is 4.73. The van der Waals surface area contributed by atoms with E-state index in [9.17, 15) is 4.79 Å². The van der Waals surface area contributed by atoms with Crippen LogP contribution in [0.1, 0.15) is 41.7 Å². The van der Waals surface area contributed by atoms with Crippen molar-refractivity contribution in [1.82, 2.24) is 15.2 Å². The lowest BCUT2D eigenvalue weighted by Gasteiger charge is -2.35. The molecule has 2 aliphatic rings. The predicted molar refractivity (Wildman–Crippen MR) is 93.1 cm³/mol. The summed E-state index contributed by atoms with van der Waals surface area (Å²) in [6.45, 7) is 4.84. The van der Waals surface area contributed by atoms with Crippen LogP contribution in [0.5, 0.6) is 0 Å². The van der Waals surface area contributed by atoms with Gasteiger partial charge < -0.3 is 10.2 Å². The van der Waals surface area contributed by atoms with E-state index in [1.165, 1.54) is 19.4 Å². The molecule has 3 heterocycles. The highest BCUT2D eigenvalue weighted by atomic mass is 35.5. The van der Waals surface area contributed by atoms with E-state index < -0.39 is 0 Å². The van der Waals surface area contributed by atoms with Gasteiger partial charge in [-0.05, 0) is 57.2 Å². The number of pyridine rings is 1. The van der Waals surface area contributed by atoms with Crippen LogP contribution < -0.4 is 5.32 Å². The number of hydrogen-bond acceptors (Lipinski definition) is 3. The third kappa shape index (κ3) is 4.12. The lowest BCUT2D eigenvalue weighted by atomic mass is 9.88. The highest BCUT2D eigenvalue weighted by Gasteiger charge is 2.30. The van der Waals surface area contributed by atoms with Crippen molar-refractivity contribution in [3.8, 4) is 0 Å². The maximum atomic E-state index is 12.5. The van der Waals surface area contributed by atoms with Gasteiger partial charge in [0.05, 0.1) is 5.56 Å². The first-order valence-corrected chi connectivity index (χ1v) is 7.70. The number of halogens is 2. The Kier molecular flexibility index (Phi) is 7.60. The van der Waals surface area contributed by atoms with E-state index >= 15 is 0 Å². The molecule has 1 aromatic heterocycles. The maximum Gasteiger partial charge on any atom is 0.255 e. The molecule has 2 aliphatic heterocycles. The molecule has 0 spiro atoms. The molecule has 0 bridgehead atoms. The van der Waals surface area contributed by atoms with Crippen LogP contribution in [0.2, 0.25) is 0 Å². The van der Waals surface area contributed by atoms with Crippen molar-refractivity contribution in [1.29, 1.82) is 0 Å². The Balaban J connectivity index is 0.00000121. The number of carbonyl (C=O) groups excluding carboxylic acids is 1. The summed E-state index contributed by atoms with van der Waals surface area (Å²) in [6, 6.07) is 4.41. The van der Waals surface area contributed by atoms with Crippen LogP contribution in [-0.2, 0) is 0 Å². The van der Waals surface area contributed by atoms with E-state index in [0.29, 0.717) is 6.04 Å². The Bertz CT molecular complexity index is 484. The van der Waals surface area contributed by atoms with Gasteiger partial charge in [-0.3, -0.25) is 9.78 Å². The molecular weight excluding hydrogens is 321 g/mol. The van der Waals surface area contributed by atoms with Crippen molar-refractivity contribution in [3.05, 3.63) is 29.6 Å². The smallest absolute Gasteiger partial charge is 0.255 e. The summed E-state index contributed by atoms with van der Waals surface area (Å²) in [6.07, 6.45) is 6.61. The van der Waals surface area contributed by atoms with Gasteiger partial charge in [0.25, 0.3) is 5.91 Å². The number of carbonyl (C=O) groups is 1. The molecule has 4 nitrogen and oxygen atoms in total. The summed E-state index contributed by atoms with van der Waals surface area (Å²) >= 11 is 0. The van der Waals surface area contributed by atoms with E-state index in [0.717, 1.165) is 43.1 Å². The minimum absolute atomic E-state index is 0. The Morgan fingerprint density at radius 1 is 1.27 bits per heavy atom. The second-order valence-electron chi connectivity index (χ2n) is 5.97. The number of aromatic nitrogens is 1. The van der Waals surface area contributed by atoms with E-state index in [-0.39, 0.29) is 30.7 Å². The number of piperidine rings is 1. The summed E-state index contributed by atoms with van der Waals surface area (Å²) < 4.78 is 0. The van der Waals surface area contributed by atoms with E-state index in [1.54, 1.807) is 6.20 Å². The fraction of sp³-hybridized carbons (Fsp3) is 0.625. The zero-order valence-corrected chi connectivity index (χ0v) is 14.6. The van der Waals surface area contributed by atoms with Gasteiger partial charge in [0.15, 0.2) is 0 Å². The van der Waals surface area contributed by atoms with Crippen LogP contribution in [0.3, 0.4) is 0 Å². The van der Waals surface area contributed by atoms with Crippen molar-refractivity contribution < 1.29 is 4.79 Å². The average Bonchev–Trinajstić information content (AvgIpc) is 3.01. The SMILES string of the molecule is Cc1ncccc1C(=O)N1CCC(C2CCCN2)CC1.Cl.Cl. The second kappa shape index (κ2) is 8.70. The number of aryl methyl sites for hydroxylation is 1. The summed E-state index contributed by atoms with van der Waals surface area (Å²) in [7, 11) is 0. The maximum absolute atomic E-state index is 12.5. The molecule has 22 heavy (non-hydrogen) atoms. The molecule has 2 saturated heterocycles. The van der Waals surface area contributed by atoms with Crippen molar-refractivity contribution in [3.63, 3.8) is 0 Å². The minimum Gasteiger partial charge on any atom is -0.339 e. The number of likely N-dealkylation sites (tertiary alicyclic amines) is 1. The highest BCUT2D eigenvalue weighted by molar-refractivity contribution is 5.95. The average molecular weight is 346 g/mol. The van der Waals surface area contributed by atoms with Crippen molar-refractivity contribution in [2.45, 2.75) is 38.6 Å². The third-order valence-corrected chi connectivity index (χ3v) is 4.73. The van der Waals surface area contributed by atoms with Crippen LogP contribution in [-0.4, -0.2) is 41.5 Å². The number of nitrogens with one attached hydrogen (secondary N) is 1. The molecule has 124 valence electrons. The molecule has 1 amide bonds. The van der Waals surface area contributed by atoms with Gasteiger partial charge in [0, 0.05) is 31.0 Å². The summed E-state index contributed by atoms with van der Waals surface area (Å²) in [5, 5.41) is 3.60. The van der Waals surface area contributed by atoms with Crippen LogP contribution in [0, 0.1) is 12.8 Å². The van der Waals surface area contributed by atoms with Gasteiger partial charge in [-0.15, -0.1) is 24.8 Å². The fourth-order valence-corrected chi connectivity index (χ4v) is 3.50. The minimum atomic E-state index is 0. The number of hydrogen-bond donors (Lipinski definition) is 1. The molecule has 2 fully saturated rings. The Labute approximate surface area is 144 Å². The second-order valence-corrected chi connectivity index (χ2v) is 5.97. The Morgan fingerprint density at radius 3 is 2.59 bits per heavy atom. The fourth-order valence-electron chi connectivity index (χ4n) is 3.50. The van der Waals surface area contributed by atoms with Crippen molar-refractivity contribution in [2.75, 3.05) is 19.6 Å². The molecule has 1 aromatic rings. The zero-order chi connectivity index (χ0) is 13.9. The van der Waals surface area contributed by atoms with E-state index in [1.807, 2.05) is 24.0 Å². The van der Waals surface area contributed by atoms with Gasteiger partial charge in [0.2, 0.25) is 0 Å². The molecule has 0 saturated carbocycles. The van der Waals surface area contributed by atoms with Gasteiger partial charge in [-0.1, -0.05) is 0 Å². The number of nitrogens with zero attached hydrogens (tertiary/aromatic N) is 2.